The Morgan fingerprint density at radius 1 is 1.21 bits per heavy atom. The highest BCUT2D eigenvalue weighted by atomic mass is 32.2. The standard InChI is InChI=1S/C14H19F3S2/c1-10-4-2-6-12(14(15,16)17)11(10)5-7-13(12)18-8-3-9-19-13/h4,11H,2-3,5-9H2,1H3/t11-,12-/m1/s1. The molecule has 19 heavy (non-hydrogen) atoms. The molecule has 108 valence electrons. The molecule has 0 bridgehead atoms. The summed E-state index contributed by atoms with van der Waals surface area (Å²) in [5.74, 6) is 1.50. The minimum atomic E-state index is -4.08. The second-order valence-corrected chi connectivity index (χ2v) is 8.90. The van der Waals surface area contributed by atoms with E-state index in [1.54, 1.807) is 23.5 Å². The molecule has 1 saturated heterocycles. The summed E-state index contributed by atoms with van der Waals surface area (Å²) in [6, 6.07) is 0. The molecule has 3 aliphatic rings. The molecule has 0 radical (unpaired) electrons. The van der Waals surface area contributed by atoms with Crippen molar-refractivity contribution in [3.8, 4) is 0 Å². The van der Waals surface area contributed by atoms with E-state index in [1.165, 1.54) is 0 Å². The Balaban J connectivity index is 2.10. The molecule has 1 aliphatic heterocycles. The maximum atomic E-state index is 14.0. The largest absolute Gasteiger partial charge is 0.397 e. The molecule has 0 N–H and O–H groups in total. The van der Waals surface area contributed by atoms with Gasteiger partial charge in [0.15, 0.2) is 0 Å². The van der Waals surface area contributed by atoms with Gasteiger partial charge in [0.2, 0.25) is 0 Å². The number of allylic oxidation sites excluding steroid dienone is 2. The molecule has 1 heterocycles. The Labute approximate surface area is 121 Å². The molecule has 0 aromatic rings. The summed E-state index contributed by atoms with van der Waals surface area (Å²) >= 11 is 3.20. The van der Waals surface area contributed by atoms with Crippen LogP contribution in [0.2, 0.25) is 0 Å². The molecular formula is C14H19F3S2. The summed E-state index contributed by atoms with van der Waals surface area (Å²) in [6.07, 6.45) is 1.31. The molecule has 0 unspecified atom stereocenters. The average Bonchev–Trinajstić information content (AvgIpc) is 2.67. The monoisotopic (exact) mass is 308 g/mol. The summed E-state index contributed by atoms with van der Waals surface area (Å²) in [5, 5.41) is 0. The summed E-state index contributed by atoms with van der Waals surface area (Å²) in [4.78, 5) is 0. The van der Waals surface area contributed by atoms with E-state index in [4.69, 9.17) is 0 Å². The zero-order chi connectivity index (χ0) is 13.7. The highest BCUT2D eigenvalue weighted by Gasteiger charge is 2.73. The van der Waals surface area contributed by atoms with E-state index < -0.39 is 15.7 Å². The van der Waals surface area contributed by atoms with Crippen LogP contribution in [0.5, 0.6) is 0 Å². The lowest BCUT2D eigenvalue weighted by Gasteiger charge is -2.52. The summed E-state index contributed by atoms with van der Waals surface area (Å²) in [6.45, 7) is 1.90. The van der Waals surface area contributed by atoms with Gasteiger partial charge in [0.1, 0.15) is 0 Å². The number of alkyl halides is 3. The highest BCUT2D eigenvalue weighted by Crippen LogP contribution is 2.73. The maximum Gasteiger partial charge on any atom is 0.397 e. The van der Waals surface area contributed by atoms with Crippen LogP contribution in [-0.4, -0.2) is 21.8 Å². The molecule has 0 amide bonds. The van der Waals surface area contributed by atoms with Gasteiger partial charge in [0.25, 0.3) is 0 Å². The van der Waals surface area contributed by atoms with Gasteiger partial charge in [-0.15, -0.1) is 23.5 Å². The maximum absolute atomic E-state index is 14.0. The van der Waals surface area contributed by atoms with Crippen LogP contribution in [-0.2, 0) is 0 Å². The van der Waals surface area contributed by atoms with Crippen LogP contribution < -0.4 is 0 Å². The van der Waals surface area contributed by atoms with E-state index >= 15 is 0 Å². The lowest BCUT2D eigenvalue weighted by atomic mass is 9.67. The van der Waals surface area contributed by atoms with Gasteiger partial charge in [0.05, 0.1) is 9.49 Å². The Morgan fingerprint density at radius 2 is 1.89 bits per heavy atom. The van der Waals surface area contributed by atoms with Gasteiger partial charge >= 0.3 is 6.18 Å². The summed E-state index contributed by atoms with van der Waals surface area (Å²) in [5.41, 5.74) is -0.499. The Bertz CT molecular complexity index is 396. The van der Waals surface area contributed by atoms with Gasteiger partial charge < -0.3 is 0 Å². The van der Waals surface area contributed by atoms with E-state index in [0.29, 0.717) is 19.3 Å². The van der Waals surface area contributed by atoms with Crippen LogP contribution in [0, 0.1) is 11.3 Å². The van der Waals surface area contributed by atoms with Gasteiger partial charge in [-0.3, -0.25) is 0 Å². The number of hydrogen-bond acceptors (Lipinski definition) is 2. The minimum Gasteiger partial charge on any atom is -0.170 e. The molecule has 5 heteroatoms. The van der Waals surface area contributed by atoms with Crippen LogP contribution >= 0.6 is 23.5 Å². The van der Waals surface area contributed by atoms with Crippen molar-refractivity contribution >= 4 is 23.5 Å². The lowest BCUT2D eigenvalue weighted by molar-refractivity contribution is -0.237. The van der Waals surface area contributed by atoms with Gasteiger partial charge in [-0.2, -0.15) is 13.2 Å². The predicted molar refractivity (Wildman–Crippen MR) is 76.5 cm³/mol. The van der Waals surface area contributed by atoms with Crippen LogP contribution in [0.15, 0.2) is 11.6 Å². The summed E-state index contributed by atoms with van der Waals surface area (Å²) in [7, 11) is 0. The predicted octanol–water partition coefficient (Wildman–Crippen LogP) is 5.25. The highest BCUT2D eigenvalue weighted by molar-refractivity contribution is 8.18. The molecule has 2 atom stereocenters. The van der Waals surface area contributed by atoms with Crippen molar-refractivity contribution in [3.63, 3.8) is 0 Å². The smallest absolute Gasteiger partial charge is 0.170 e. The van der Waals surface area contributed by atoms with Crippen molar-refractivity contribution in [2.45, 2.75) is 49.3 Å². The zero-order valence-corrected chi connectivity index (χ0v) is 12.7. The molecule has 0 aromatic carbocycles. The number of halogens is 3. The molecule has 0 aromatic heterocycles. The van der Waals surface area contributed by atoms with Crippen molar-refractivity contribution in [2.24, 2.45) is 11.3 Å². The van der Waals surface area contributed by atoms with E-state index in [0.717, 1.165) is 29.9 Å². The second kappa shape index (κ2) is 4.62. The average molecular weight is 308 g/mol. The van der Waals surface area contributed by atoms with Crippen molar-refractivity contribution in [2.75, 3.05) is 11.5 Å². The van der Waals surface area contributed by atoms with E-state index in [-0.39, 0.29) is 5.92 Å². The zero-order valence-electron chi connectivity index (χ0n) is 11.1. The fraction of sp³-hybridized carbons (Fsp3) is 0.857. The number of thioether (sulfide) groups is 2. The first-order chi connectivity index (χ1) is 8.93. The third-order valence-corrected chi connectivity index (χ3v) is 8.82. The molecule has 2 fully saturated rings. The van der Waals surface area contributed by atoms with Crippen LogP contribution in [0.3, 0.4) is 0 Å². The first kappa shape index (κ1) is 14.2. The first-order valence-electron chi connectivity index (χ1n) is 6.94. The van der Waals surface area contributed by atoms with Crippen LogP contribution in [0.25, 0.3) is 0 Å². The normalized spacial score (nSPS) is 38.1. The molecule has 3 rings (SSSR count). The Hall–Kier alpha value is 0.230. The Morgan fingerprint density at radius 3 is 2.53 bits per heavy atom. The molecular weight excluding hydrogens is 289 g/mol. The fourth-order valence-electron chi connectivity index (χ4n) is 4.25. The third-order valence-electron chi connectivity index (χ3n) is 5.06. The second-order valence-electron chi connectivity index (χ2n) is 5.85. The van der Waals surface area contributed by atoms with Gasteiger partial charge in [-0.1, -0.05) is 11.6 Å². The van der Waals surface area contributed by atoms with Crippen molar-refractivity contribution < 1.29 is 13.2 Å². The third kappa shape index (κ3) is 1.83. The van der Waals surface area contributed by atoms with Crippen LogP contribution in [0.1, 0.15) is 39.0 Å². The van der Waals surface area contributed by atoms with E-state index in [2.05, 4.69) is 0 Å². The van der Waals surface area contributed by atoms with Crippen molar-refractivity contribution in [1.29, 1.82) is 0 Å². The van der Waals surface area contributed by atoms with Gasteiger partial charge in [0, 0.05) is 0 Å². The fourth-order valence-corrected chi connectivity index (χ4v) is 8.26. The van der Waals surface area contributed by atoms with E-state index in [9.17, 15) is 13.2 Å². The molecule has 2 aliphatic carbocycles. The minimum absolute atomic E-state index is 0.278. The van der Waals surface area contributed by atoms with Crippen molar-refractivity contribution in [3.05, 3.63) is 11.6 Å². The van der Waals surface area contributed by atoms with Crippen LogP contribution in [0.4, 0.5) is 13.2 Å². The lowest BCUT2D eigenvalue weighted by Crippen LogP contribution is -2.55. The molecule has 1 saturated carbocycles. The summed E-state index contributed by atoms with van der Waals surface area (Å²) < 4.78 is 41.5. The quantitative estimate of drug-likeness (QED) is 0.560. The first-order valence-corrected chi connectivity index (χ1v) is 8.91. The van der Waals surface area contributed by atoms with Gasteiger partial charge in [-0.05, 0) is 56.5 Å². The topological polar surface area (TPSA) is 0 Å². The van der Waals surface area contributed by atoms with Crippen molar-refractivity contribution in [1.82, 2.24) is 0 Å². The number of rotatable bonds is 0. The molecule has 0 nitrogen and oxygen atoms in total. The number of hydrogen-bond donors (Lipinski definition) is 0. The Kier molecular flexibility index (Phi) is 3.45. The molecule has 1 spiro atoms. The van der Waals surface area contributed by atoms with E-state index in [1.807, 2.05) is 13.0 Å². The van der Waals surface area contributed by atoms with Gasteiger partial charge in [-0.25, -0.2) is 0 Å². The number of fused-ring (bicyclic) bond motifs is 2. The SMILES string of the molecule is CC1=CCC[C@@]2(C(F)(F)F)[C@@H]1CCC21SCCCS1.